The molecule has 0 atom stereocenters. The molecule has 0 spiro atoms. The molecule has 3 rings (SSSR count). The number of pyridine rings is 1. The highest BCUT2D eigenvalue weighted by Gasteiger charge is 2.25. The third-order valence-corrected chi connectivity index (χ3v) is 2.89. The molecule has 0 amide bonds. The summed E-state index contributed by atoms with van der Waals surface area (Å²) in [5.41, 5.74) is 6.52. The van der Waals surface area contributed by atoms with E-state index in [1.54, 1.807) is 18.3 Å². The van der Waals surface area contributed by atoms with Gasteiger partial charge in [0, 0.05) is 12.1 Å². The van der Waals surface area contributed by atoms with Crippen molar-refractivity contribution in [2.45, 2.75) is 18.8 Å². The summed E-state index contributed by atoms with van der Waals surface area (Å²) in [5, 5.41) is 8.21. The molecule has 5 heteroatoms. The molecule has 0 aliphatic heterocycles. The number of nitrogen functional groups attached to an aromatic ring is 1. The van der Waals surface area contributed by atoms with Crippen molar-refractivity contribution in [2.24, 2.45) is 0 Å². The second-order valence-electron chi connectivity index (χ2n) is 4.23. The van der Waals surface area contributed by atoms with Gasteiger partial charge in [-0.1, -0.05) is 0 Å². The van der Waals surface area contributed by atoms with Gasteiger partial charge in [-0.25, -0.2) is 0 Å². The molecular formula is C12H12N4O. The zero-order valence-corrected chi connectivity index (χ0v) is 9.21. The lowest BCUT2D eigenvalue weighted by atomic mass is 10.3. The Morgan fingerprint density at radius 2 is 2.06 bits per heavy atom. The van der Waals surface area contributed by atoms with Crippen LogP contribution in [0.5, 0.6) is 0 Å². The zero-order chi connectivity index (χ0) is 11.8. The molecule has 17 heavy (non-hydrogen) atoms. The second-order valence-corrected chi connectivity index (χ2v) is 4.23. The van der Waals surface area contributed by atoms with Crippen LogP contribution in [0.4, 0.5) is 5.69 Å². The molecule has 5 nitrogen and oxygen atoms in total. The summed E-state index contributed by atoms with van der Waals surface area (Å²) in [6.07, 6.45) is 4.01. The van der Waals surface area contributed by atoms with Crippen LogP contribution < -0.4 is 11.3 Å². The lowest BCUT2D eigenvalue weighted by molar-refractivity contribution is 0.843. The van der Waals surface area contributed by atoms with Gasteiger partial charge in [-0.3, -0.25) is 9.36 Å². The molecule has 0 aromatic carbocycles. The van der Waals surface area contributed by atoms with Crippen LogP contribution in [0.3, 0.4) is 0 Å². The molecule has 1 aliphatic rings. The van der Waals surface area contributed by atoms with E-state index in [-0.39, 0.29) is 11.2 Å². The normalized spacial score (nSPS) is 14.8. The van der Waals surface area contributed by atoms with Gasteiger partial charge < -0.3 is 5.73 Å². The third-order valence-electron chi connectivity index (χ3n) is 2.89. The number of nitrogens with zero attached hydrogens (tertiary/aromatic N) is 3. The number of hydrogen-bond donors (Lipinski definition) is 1. The molecule has 1 aliphatic carbocycles. The van der Waals surface area contributed by atoms with E-state index in [0.29, 0.717) is 11.7 Å². The van der Waals surface area contributed by atoms with Gasteiger partial charge >= 0.3 is 0 Å². The minimum atomic E-state index is -0.263. The SMILES string of the molecule is Nc1cccn(-c2ccc(C3CC3)nn2)c1=O. The number of nitrogens with two attached hydrogens (primary N) is 1. The van der Waals surface area contributed by atoms with E-state index in [2.05, 4.69) is 10.2 Å². The number of aromatic nitrogens is 3. The van der Waals surface area contributed by atoms with Crippen molar-refractivity contribution >= 4 is 5.69 Å². The van der Waals surface area contributed by atoms with Gasteiger partial charge in [0.2, 0.25) is 0 Å². The Morgan fingerprint density at radius 1 is 1.24 bits per heavy atom. The molecule has 2 heterocycles. The fraction of sp³-hybridized carbons (Fsp3) is 0.250. The number of rotatable bonds is 2. The summed E-state index contributed by atoms with van der Waals surface area (Å²) in [6, 6.07) is 7.02. The Balaban J connectivity index is 2.03. The van der Waals surface area contributed by atoms with Crippen molar-refractivity contribution in [3.63, 3.8) is 0 Å². The highest BCUT2D eigenvalue weighted by Crippen LogP contribution is 2.38. The monoisotopic (exact) mass is 228 g/mol. The van der Waals surface area contributed by atoms with Crippen LogP contribution in [0.1, 0.15) is 24.5 Å². The van der Waals surface area contributed by atoms with E-state index < -0.39 is 0 Å². The summed E-state index contributed by atoms with van der Waals surface area (Å²) < 4.78 is 1.40. The van der Waals surface area contributed by atoms with Crippen LogP contribution in [0.2, 0.25) is 0 Å². The van der Waals surface area contributed by atoms with E-state index in [1.165, 1.54) is 17.4 Å². The first-order chi connectivity index (χ1) is 8.25. The van der Waals surface area contributed by atoms with Crippen molar-refractivity contribution in [2.75, 3.05) is 5.73 Å². The Bertz CT molecular complexity index is 599. The highest BCUT2D eigenvalue weighted by molar-refractivity contribution is 5.37. The maximum Gasteiger partial charge on any atom is 0.279 e. The van der Waals surface area contributed by atoms with Gasteiger partial charge in [0.25, 0.3) is 5.56 Å². The second kappa shape index (κ2) is 3.69. The minimum Gasteiger partial charge on any atom is -0.394 e. The van der Waals surface area contributed by atoms with Crippen molar-refractivity contribution in [3.8, 4) is 5.82 Å². The predicted octanol–water partition coefficient (Wildman–Crippen LogP) is 1.09. The van der Waals surface area contributed by atoms with Gasteiger partial charge in [-0.2, -0.15) is 5.10 Å². The topological polar surface area (TPSA) is 73.8 Å². The van der Waals surface area contributed by atoms with Crippen LogP contribution in [0.15, 0.2) is 35.3 Å². The van der Waals surface area contributed by atoms with E-state index in [9.17, 15) is 4.79 Å². The summed E-state index contributed by atoms with van der Waals surface area (Å²) in [6.45, 7) is 0. The summed E-state index contributed by atoms with van der Waals surface area (Å²) in [7, 11) is 0. The van der Waals surface area contributed by atoms with E-state index in [1.807, 2.05) is 12.1 Å². The molecule has 2 aromatic heterocycles. The molecule has 1 fully saturated rings. The Hall–Kier alpha value is -2.17. The number of anilines is 1. The molecule has 0 unspecified atom stereocenters. The van der Waals surface area contributed by atoms with Crippen LogP contribution in [-0.4, -0.2) is 14.8 Å². The molecule has 2 aromatic rings. The van der Waals surface area contributed by atoms with Crippen molar-refractivity contribution in [1.82, 2.24) is 14.8 Å². The quantitative estimate of drug-likeness (QED) is 0.834. The lowest BCUT2D eigenvalue weighted by Gasteiger charge is -2.04. The summed E-state index contributed by atoms with van der Waals surface area (Å²) in [5.74, 6) is 1.07. The maximum atomic E-state index is 11.8. The van der Waals surface area contributed by atoms with Crippen molar-refractivity contribution in [1.29, 1.82) is 0 Å². The molecule has 0 radical (unpaired) electrons. The number of hydrogen-bond acceptors (Lipinski definition) is 4. The van der Waals surface area contributed by atoms with Crippen LogP contribution >= 0.6 is 0 Å². The lowest BCUT2D eigenvalue weighted by Crippen LogP contribution is -2.21. The zero-order valence-electron chi connectivity index (χ0n) is 9.21. The molecule has 86 valence electrons. The predicted molar refractivity (Wildman–Crippen MR) is 64.0 cm³/mol. The molecule has 0 bridgehead atoms. The Labute approximate surface area is 97.9 Å². The maximum absolute atomic E-state index is 11.8. The average molecular weight is 228 g/mol. The largest absolute Gasteiger partial charge is 0.394 e. The van der Waals surface area contributed by atoms with Crippen molar-refractivity contribution in [3.05, 3.63) is 46.5 Å². The summed E-state index contributed by atoms with van der Waals surface area (Å²) >= 11 is 0. The van der Waals surface area contributed by atoms with Crippen LogP contribution in [0.25, 0.3) is 5.82 Å². The third kappa shape index (κ3) is 1.80. The van der Waals surface area contributed by atoms with Gasteiger partial charge in [-0.05, 0) is 37.1 Å². The van der Waals surface area contributed by atoms with Gasteiger partial charge in [-0.15, -0.1) is 5.10 Å². The van der Waals surface area contributed by atoms with E-state index in [0.717, 1.165) is 5.69 Å². The molecule has 2 N–H and O–H groups in total. The molecular weight excluding hydrogens is 216 g/mol. The molecule has 1 saturated carbocycles. The average Bonchev–Trinajstić information content (AvgIpc) is 3.17. The van der Waals surface area contributed by atoms with Crippen molar-refractivity contribution < 1.29 is 0 Å². The van der Waals surface area contributed by atoms with Gasteiger partial charge in [0.1, 0.15) is 0 Å². The molecule has 0 saturated heterocycles. The van der Waals surface area contributed by atoms with Gasteiger partial charge in [0.05, 0.1) is 11.4 Å². The van der Waals surface area contributed by atoms with E-state index >= 15 is 0 Å². The Kier molecular flexibility index (Phi) is 2.18. The smallest absolute Gasteiger partial charge is 0.279 e. The first-order valence-electron chi connectivity index (χ1n) is 5.57. The minimum absolute atomic E-state index is 0.209. The fourth-order valence-electron chi connectivity index (χ4n) is 1.75. The van der Waals surface area contributed by atoms with Crippen LogP contribution in [-0.2, 0) is 0 Å². The van der Waals surface area contributed by atoms with Crippen LogP contribution in [0, 0.1) is 0 Å². The summed E-state index contributed by atoms with van der Waals surface area (Å²) in [4.78, 5) is 11.8. The van der Waals surface area contributed by atoms with Gasteiger partial charge in [0.15, 0.2) is 5.82 Å². The fourth-order valence-corrected chi connectivity index (χ4v) is 1.75. The first kappa shape index (κ1) is 10.0. The highest BCUT2D eigenvalue weighted by atomic mass is 16.1. The first-order valence-corrected chi connectivity index (χ1v) is 5.57. The standard InChI is InChI=1S/C12H12N4O/c13-9-2-1-7-16(12(9)17)11-6-5-10(14-15-11)8-3-4-8/h1-2,5-8H,3-4,13H2. The van der Waals surface area contributed by atoms with E-state index in [4.69, 9.17) is 5.73 Å². The Morgan fingerprint density at radius 3 is 2.71 bits per heavy atom.